The van der Waals surface area contributed by atoms with Gasteiger partial charge in [0.25, 0.3) is 0 Å². The van der Waals surface area contributed by atoms with Crippen molar-refractivity contribution in [1.29, 1.82) is 0 Å². The number of thiol groups is 1. The fourth-order valence-electron chi connectivity index (χ4n) is 0.638. The molecule has 0 saturated heterocycles. The van der Waals surface area contributed by atoms with Crippen molar-refractivity contribution in [3.8, 4) is 0 Å². The molecule has 0 aromatic heterocycles. The molecular weight excluding hydrogens is 247 g/mol. The van der Waals surface area contributed by atoms with Crippen molar-refractivity contribution < 1.29 is 19.4 Å². The van der Waals surface area contributed by atoms with Crippen molar-refractivity contribution in [2.75, 3.05) is 17.8 Å². The smallest absolute Gasteiger partial charge is 0.345 e. The normalized spacial score (nSPS) is 13.5. The summed E-state index contributed by atoms with van der Waals surface area (Å²) >= 11 is 5.25. The third-order valence-electron chi connectivity index (χ3n) is 1.53. The molecule has 0 unspecified atom stereocenters. The number of carbonyl (C=O) groups excluding carboxylic acids is 1. The second kappa shape index (κ2) is 9.84. The summed E-state index contributed by atoms with van der Waals surface area (Å²) in [6.45, 7) is 1.65. The number of carbonyl (C=O) groups is 2. The molecule has 0 saturated carbocycles. The minimum atomic E-state index is -1.11. The monoisotopic (exact) mass is 261 g/mol. The van der Waals surface area contributed by atoms with Crippen LogP contribution in [0.3, 0.4) is 0 Å². The SMILES string of the molecule is CSC[C@H](OC(=O)[C@H](C)CS)C(=O)O.[Na]. The minimum Gasteiger partial charge on any atom is -0.478 e. The van der Waals surface area contributed by atoms with E-state index in [1.54, 1.807) is 13.2 Å². The van der Waals surface area contributed by atoms with Gasteiger partial charge in [-0.3, -0.25) is 4.79 Å². The zero-order valence-corrected chi connectivity index (χ0v) is 12.8. The molecular formula is C8H14NaO4S2. The summed E-state index contributed by atoms with van der Waals surface area (Å²) < 4.78 is 4.80. The molecule has 0 fully saturated rings. The molecule has 7 heteroatoms. The Balaban J connectivity index is 0. The fourth-order valence-corrected chi connectivity index (χ4v) is 1.30. The van der Waals surface area contributed by atoms with Gasteiger partial charge in [0.05, 0.1) is 5.92 Å². The Hall–Kier alpha value is 0.640. The van der Waals surface area contributed by atoms with Crippen molar-refractivity contribution >= 4 is 65.9 Å². The molecule has 0 aliphatic carbocycles. The fraction of sp³-hybridized carbons (Fsp3) is 0.750. The van der Waals surface area contributed by atoms with E-state index in [0.717, 1.165) is 0 Å². The molecule has 0 bridgehead atoms. The molecule has 0 aliphatic rings. The van der Waals surface area contributed by atoms with Gasteiger partial charge in [0.2, 0.25) is 6.10 Å². The standard InChI is InChI=1S/C8H14O4S2.Na/c1-5(3-13)8(11)12-6(4-14-2)7(9)10;/h5-6,13H,3-4H2,1-2H3,(H,9,10);/t5-,6+;/m1./s1. The van der Waals surface area contributed by atoms with Crippen LogP contribution in [0.2, 0.25) is 0 Å². The maximum Gasteiger partial charge on any atom is 0.345 e. The van der Waals surface area contributed by atoms with Crippen molar-refractivity contribution in [3.63, 3.8) is 0 Å². The summed E-state index contributed by atoms with van der Waals surface area (Å²) in [6.07, 6.45) is 0.700. The van der Waals surface area contributed by atoms with E-state index >= 15 is 0 Å². The van der Waals surface area contributed by atoms with Crippen LogP contribution in [0.25, 0.3) is 0 Å². The van der Waals surface area contributed by atoms with Crippen LogP contribution in [-0.4, -0.2) is 70.5 Å². The van der Waals surface area contributed by atoms with Gasteiger partial charge in [-0.2, -0.15) is 24.4 Å². The van der Waals surface area contributed by atoms with Crippen LogP contribution in [0.1, 0.15) is 6.92 Å². The molecule has 83 valence electrons. The molecule has 2 atom stereocenters. The molecule has 0 amide bonds. The van der Waals surface area contributed by atoms with Crippen molar-refractivity contribution in [1.82, 2.24) is 0 Å². The number of carboxylic acid groups (broad SMARTS) is 1. The largest absolute Gasteiger partial charge is 0.478 e. The van der Waals surface area contributed by atoms with E-state index in [-0.39, 0.29) is 41.2 Å². The van der Waals surface area contributed by atoms with Crippen molar-refractivity contribution in [2.45, 2.75) is 13.0 Å². The van der Waals surface area contributed by atoms with Crippen LogP contribution in [0.4, 0.5) is 0 Å². The number of thioether (sulfide) groups is 1. The zero-order chi connectivity index (χ0) is 11.1. The molecule has 0 aromatic carbocycles. The van der Waals surface area contributed by atoms with Gasteiger partial charge in [-0.05, 0) is 6.26 Å². The molecule has 1 radical (unpaired) electrons. The molecule has 1 N–H and O–H groups in total. The van der Waals surface area contributed by atoms with Gasteiger partial charge in [-0.1, -0.05) is 6.92 Å². The van der Waals surface area contributed by atoms with E-state index < -0.39 is 18.0 Å². The van der Waals surface area contributed by atoms with Crippen LogP contribution in [0, 0.1) is 5.92 Å². The third-order valence-corrected chi connectivity index (χ3v) is 2.71. The number of carboxylic acids is 1. The Labute approximate surface area is 121 Å². The Morgan fingerprint density at radius 2 is 2.07 bits per heavy atom. The average molecular weight is 261 g/mol. The van der Waals surface area contributed by atoms with Gasteiger partial charge in [-0.15, -0.1) is 0 Å². The van der Waals surface area contributed by atoms with Gasteiger partial charge in [-0.25, -0.2) is 4.79 Å². The Morgan fingerprint density at radius 3 is 2.40 bits per heavy atom. The van der Waals surface area contributed by atoms with Crippen LogP contribution in [0.5, 0.6) is 0 Å². The quantitative estimate of drug-likeness (QED) is 0.415. The van der Waals surface area contributed by atoms with Gasteiger partial charge in [0.1, 0.15) is 0 Å². The maximum atomic E-state index is 11.2. The Bertz CT molecular complexity index is 213. The average Bonchev–Trinajstić information content (AvgIpc) is 2.15. The van der Waals surface area contributed by atoms with Gasteiger partial charge in [0.15, 0.2) is 0 Å². The topological polar surface area (TPSA) is 63.6 Å². The number of ether oxygens (including phenoxy) is 1. The van der Waals surface area contributed by atoms with E-state index in [1.165, 1.54) is 11.8 Å². The van der Waals surface area contributed by atoms with Crippen LogP contribution in [-0.2, 0) is 14.3 Å². The summed E-state index contributed by atoms with van der Waals surface area (Å²) in [5.74, 6) is -1.38. The third kappa shape index (κ3) is 7.52. The molecule has 4 nitrogen and oxygen atoms in total. The van der Waals surface area contributed by atoms with E-state index in [1.807, 2.05) is 0 Å². The molecule has 0 heterocycles. The van der Waals surface area contributed by atoms with Crippen LogP contribution >= 0.6 is 24.4 Å². The number of rotatable bonds is 6. The Morgan fingerprint density at radius 1 is 1.53 bits per heavy atom. The molecule has 0 aliphatic heterocycles. The van der Waals surface area contributed by atoms with E-state index in [4.69, 9.17) is 9.84 Å². The number of hydrogen-bond donors (Lipinski definition) is 2. The van der Waals surface area contributed by atoms with Gasteiger partial charge in [0, 0.05) is 41.1 Å². The summed E-state index contributed by atoms with van der Waals surface area (Å²) in [4.78, 5) is 21.8. The van der Waals surface area contributed by atoms with Crippen molar-refractivity contribution in [2.24, 2.45) is 5.92 Å². The maximum absolute atomic E-state index is 11.2. The van der Waals surface area contributed by atoms with Gasteiger partial charge < -0.3 is 9.84 Å². The first-order chi connectivity index (χ1) is 6.52. The first kappa shape index (κ1) is 18.0. The summed E-state index contributed by atoms with van der Waals surface area (Å²) in [6, 6.07) is 0. The molecule has 15 heavy (non-hydrogen) atoms. The van der Waals surface area contributed by atoms with Gasteiger partial charge >= 0.3 is 11.9 Å². The summed E-state index contributed by atoms with van der Waals surface area (Å²) in [5, 5.41) is 8.70. The van der Waals surface area contributed by atoms with E-state index in [2.05, 4.69) is 12.6 Å². The first-order valence-electron chi connectivity index (χ1n) is 4.06. The van der Waals surface area contributed by atoms with Crippen LogP contribution in [0.15, 0.2) is 0 Å². The molecule has 0 aromatic rings. The summed E-state index contributed by atoms with van der Waals surface area (Å²) in [5.41, 5.74) is 0. The first-order valence-corrected chi connectivity index (χ1v) is 6.08. The molecule has 0 spiro atoms. The van der Waals surface area contributed by atoms with Crippen molar-refractivity contribution in [3.05, 3.63) is 0 Å². The Kier molecular flexibility index (Phi) is 11.8. The number of esters is 1. The van der Waals surface area contributed by atoms with E-state index in [9.17, 15) is 9.59 Å². The minimum absolute atomic E-state index is 0. The molecule has 0 rings (SSSR count). The second-order valence-electron chi connectivity index (χ2n) is 2.80. The number of aliphatic carboxylic acids is 1. The zero-order valence-electron chi connectivity index (χ0n) is 9.10. The summed E-state index contributed by atoms with van der Waals surface area (Å²) in [7, 11) is 0. The predicted molar refractivity (Wildman–Crippen MR) is 64.7 cm³/mol. The second-order valence-corrected chi connectivity index (χ2v) is 4.08. The van der Waals surface area contributed by atoms with E-state index in [0.29, 0.717) is 5.75 Å². The van der Waals surface area contributed by atoms with Crippen LogP contribution < -0.4 is 0 Å². The predicted octanol–water partition coefficient (Wildman–Crippen LogP) is 0.531. The number of hydrogen-bond acceptors (Lipinski definition) is 5.